The Hall–Kier alpha value is -3.19. The maximum absolute atomic E-state index is 12.1. The highest BCUT2D eigenvalue weighted by Crippen LogP contribution is 2.30. The van der Waals surface area contributed by atoms with Gasteiger partial charge in [-0.3, -0.25) is 4.79 Å². The molecule has 0 saturated carbocycles. The first-order valence-electron chi connectivity index (χ1n) is 9.68. The molecule has 2 aliphatic heterocycles. The molecule has 1 amide bonds. The average Bonchev–Trinajstić information content (AvgIpc) is 3.20. The van der Waals surface area contributed by atoms with Gasteiger partial charge in [-0.2, -0.15) is 0 Å². The number of aromatic amines is 1. The summed E-state index contributed by atoms with van der Waals surface area (Å²) in [6.45, 7) is 4.56. The number of fused-ring (bicyclic) bond motifs is 1. The summed E-state index contributed by atoms with van der Waals surface area (Å²) in [5.41, 5.74) is 5.52. The highest BCUT2D eigenvalue weighted by molar-refractivity contribution is 5.97. The van der Waals surface area contributed by atoms with E-state index in [0.29, 0.717) is 17.9 Å². The predicted molar refractivity (Wildman–Crippen MR) is 108 cm³/mol. The van der Waals surface area contributed by atoms with E-state index in [1.54, 1.807) is 6.20 Å². The molecule has 28 heavy (non-hydrogen) atoms. The van der Waals surface area contributed by atoms with Crippen molar-refractivity contribution in [3.05, 3.63) is 53.9 Å². The second-order valence-corrected chi connectivity index (χ2v) is 7.10. The lowest BCUT2D eigenvalue weighted by atomic mass is 10.1. The van der Waals surface area contributed by atoms with Gasteiger partial charge >= 0.3 is 0 Å². The number of carbonyl (C=O) groups excluding carboxylic acids is 1. The van der Waals surface area contributed by atoms with E-state index >= 15 is 0 Å². The molecule has 142 valence electrons. The average molecular weight is 374 g/mol. The van der Waals surface area contributed by atoms with Crippen LogP contribution in [-0.2, 0) is 6.42 Å². The number of nitrogens with zero attached hydrogens (tertiary/aromatic N) is 3. The number of hydrogen-bond donors (Lipinski definition) is 3. The van der Waals surface area contributed by atoms with Crippen LogP contribution in [0, 0.1) is 0 Å². The molecule has 0 radical (unpaired) electrons. The van der Waals surface area contributed by atoms with Gasteiger partial charge < -0.3 is 20.5 Å². The molecule has 3 N–H and O–H groups in total. The summed E-state index contributed by atoms with van der Waals surface area (Å²) in [4.78, 5) is 27.2. The number of hydrogen-bond acceptors (Lipinski definition) is 5. The molecule has 1 saturated heterocycles. The fourth-order valence-electron chi connectivity index (χ4n) is 3.91. The summed E-state index contributed by atoms with van der Waals surface area (Å²) in [7, 11) is 0. The van der Waals surface area contributed by atoms with Crippen LogP contribution in [0.3, 0.4) is 0 Å². The Labute approximate surface area is 163 Å². The van der Waals surface area contributed by atoms with Gasteiger partial charge in [0, 0.05) is 62.3 Å². The van der Waals surface area contributed by atoms with Crippen molar-refractivity contribution < 1.29 is 4.79 Å². The van der Waals surface area contributed by atoms with E-state index in [1.807, 2.05) is 18.2 Å². The smallest absolute Gasteiger partial charge is 0.253 e. The highest BCUT2D eigenvalue weighted by atomic mass is 16.1. The highest BCUT2D eigenvalue weighted by Gasteiger charge is 2.21. The molecule has 3 aromatic rings. The first-order valence-corrected chi connectivity index (χ1v) is 9.68. The van der Waals surface area contributed by atoms with Crippen LogP contribution in [0.15, 0.2) is 42.6 Å². The third kappa shape index (κ3) is 3.03. The number of piperazine rings is 1. The van der Waals surface area contributed by atoms with E-state index in [2.05, 4.69) is 43.7 Å². The molecule has 7 nitrogen and oxygen atoms in total. The number of anilines is 1. The number of carbonyl (C=O) groups is 1. The van der Waals surface area contributed by atoms with Crippen LogP contribution in [0.1, 0.15) is 16.1 Å². The zero-order valence-corrected chi connectivity index (χ0v) is 15.5. The van der Waals surface area contributed by atoms with E-state index in [9.17, 15) is 4.79 Å². The molecule has 0 unspecified atom stereocenters. The van der Waals surface area contributed by atoms with Gasteiger partial charge in [0.25, 0.3) is 5.91 Å². The number of H-pyrrole nitrogens is 1. The van der Waals surface area contributed by atoms with Crippen molar-refractivity contribution in [1.29, 1.82) is 0 Å². The first kappa shape index (κ1) is 16.9. The molecule has 0 bridgehead atoms. The fourth-order valence-corrected chi connectivity index (χ4v) is 3.91. The topological polar surface area (TPSA) is 85.9 Å². The number of rotatable bonds is 3. The Balaban J connectivity index is 1.53. The van der Waals surface area contributed by atoms with Gasteiger partial charge in [-0.05, 0) is 24.3 Å². The van der Waals surface area contributed by atoms with E-state index in [0.717, 1.165) is 60.9 Å². The lowest BCUT2D eigenvalue weighted by molar-refractivity contribution is 0.0946. The third-order valence-electron chi connectivity index (χ3n) is 5.34. The van der Waals surface area contributed by atoms with Gasteiger partial charge in [0.1, 0.15) is 0 Å². The largest absolute Gasteiger partial charge is 0.368 e. The zero-order valence-electron chi connectivity index (χ0n) is 15.5. The molecule has 7 heteroatoms. The summed E-state index contributed by atoms with van der Waals surface area (Å²) >= 11 is 0. The number of nitrogens with one attached hydrogen (secondary N) is 3. The molecule has 4 heterocycles. The third-order valence-corrected chi connectivity index (χ3v) is 5.34. The zero-order chi connectivity index (χ0) is 18.9. The van der Waals surface area contributed by atoms with Crippen molar-refractivity contribution in [1.82, 2.24) is 25.6 Å². The minimum absolute atomic E-state index is 0.0258. The predicted octanol–water partition coefficient (Wildman–Crippen LogP) is 1.83. The molecule has 0 spiro atoms. The summed E-state index contributed by atoms with van der Waals surface area (Å²) in [5.74, 6) is 0.672. The second-order valence-electron chi connectivity index (χ2n) is 7.10. The Morgan fingerprint density at radius 2 is 1.86 bits per heavy atom. The number of para-hydroxylation sites is 1. The van der Waals surface area contributed by atoms with Crippen molar-refractivity contribution in [2.24, 2.45) is 0 Å². The Morgan fingerprint density at radius 3 is 2.71 bits per heavy atom. The summed E-state index contributed by atoms with van der Waals surface area (Å²) in [6, 6.07) is 12.1. The van der Waals surface area contributed by atoms with Gasteiger partial charge in [-0.15, -0.1) is 0 Å². The SMILES string of the molecule is O=C1NCCc2[nH]c(-c3ccnc(-c4ccccc4N4CCNCC4)n3)cc21. The first-order chi connectivity index (χ1) is 13.8. The lowest BCUT2D eigenvalue weighted by Crippen LogP contribution is -2.43. The van der Waals surface area contributed by atoms with Crippen LogP contribution in [0.2, 0.25) is 0 Å². The maximum Gasteiger partial charge on any atom is 0.253 e. The van der Waals surface area contributed by atoms with Crippen LogP contribution in [0.25, 0.3) is 22.8 Å². The standard InChI is InChI=1S/C21H22N6O/c28-21-15-13-18(25-16(15)5-8-24-21)17-6-7-23-20(26-17)14-3-1-2-4-19(14)27-11-9-22-10-12-27/h1-4,6-7,13,22,25H,5,8-12H2,(H,24,28). The van der Waals surface area contributed by atoms with Crippen LogP contribution in [-0.4, -0.2) is 53.6 Å². The normalized spacial score (nSPS) is 16.6. The van der Waals surface area contributed by atoms with Crippen LogP contribution in [0.5, 0.6) is 0 Å². The maximum atomic E-state index is 12.1. The Kier molecular flexibility index (Phi) is 4.29. The fraction of sp³-hybridized carbons (Fsp3) is 0.286. The molecule has 1 fully saturated rings. The van der Waals surface area contributed by atoms with Gasteiger partial charge in [-0.1, -0.05) is 12.1 Å². The number of aromatic nitrogens is 3. The van der Waals surface area contributed by atoms with Crippen LogP contribution in [0.4, 0.5) is 5.69 Å². The van der Waals surface area contributed by atoms with Crippen LogP contribution >= 0.6 is 0 Å². The molecule has 0 aliphatic carbocycles. The number of amides is 1. The van der Waals surface area contributed by atoms with Crippen molar-refractivity contribution in [2.75, 3.05) is 37.6 Å². The minimum Gasteiger partial charge on any atom is -0.368 e. The van der Waals surface area contributed by atoms with Gasteiger partial charge in [0.05, 0.1) is 17.0 Å². The quantitative estimate of drug-likeness (QED) is 0.651. The molecular weight excluding hydrogens is 352 g/mol. The summed E-state index contributed by atoms with van der Waals surface area (Å²) in [5, 5.41) is 6.27. The van der Waals surface area contributed by atoms with Gasteiger partial charge in [-0.25, -0.2) is 9.97 Å². The van der Waals surface area contributed by atoms with Crippen LogP contribution < -0.4 is 15.5 Å². The van der Waals surface area contributed by atoms with E-state index in [1.165, 1.54) is 0 Å². The van der Waals surface area contributed by atoms with E-state index in [4.69, 9.17) is 4.98 Å². The monoisotopic (exact) mass is 374 g/mol. The van der Waals surface area contributed by atoms with Crippen molar-refractivity contribution in [3.8, 4) is 22.8 Å². The van der Waals surface area contributed by atoms with Crippen molar-refractivity contribution >= 4 is 11.6 Å². The molecule has 2 aliphatic rings. The van der Waals surface area contributed by atoms with Gasteiger partial charge in [0.15, 0.2) is 5.82 Å². The molecular formula is C21H22N6O. The van der Waals surface area contributed by atoms with Crippen molar-refractivity contribution in [3.63, 3.8) is 0 Å². The summed E-state index contributed by atoms with van der Waals surface area (Å²) in [6.07, 6.45) is 2.59. The molecule has 1 aromatic carbocycles. The van der Waals surface area contributed by atoms with E-state index < -0.39 is 0 Å². The van der Waals surface area contributed by atoms with E-state index in [-0.39, 0.29) is 5.91 Å². The second kappa shape index (κ2) is 7.09. The molecule has 2 aromatic heterocycles. The minimum atomic E-state index is -0.0258. The Bertz CT molecular complexity index is 1020. The molecule has 0 atom stereocenters. The summed E-state index contributed by atoms with van der Waals surface area (Å²) < 4.78 is 0. The van der Waals surface area contributed by atoms with Gasteiger partial charge in [0.2, 0.25) is 0 Å². The lowest BCUT2D eigenvalue weighted by Gasteiger charge is -2.30. The van der Waals surface area contributed by atoms with Crippen molar-refractivity contribution in [2.45, 2.75) is 6.42 Å². The number of benzene rings is 1. The molecule has 5 rings (SSSR count). The Morgan fingerprint density at radius 1 is 1.00 bits per heavy atom.